The van der Waals surface area contributed by atoms with Gasteiger partial charge in [-0.25, -0.2) is 4.79 Å². The van der Waals surface area contributed by atoms with Gasteiger partial charge in [0.05, 0.1) is 6.61 Å². The molecule has 0 atom stereocenters. The Balaban J connectivity index is 2.24. The Hall–Kier alpha value is -1.55. The first-order chi connectivity index (χ1) is 10.7. The Bertz CT molecular complexity index is 417. The lowest BCUT2D eigenvalue weighted by Gasteiger charge is -2.11. The molecule has 22 heavy (non-hydrogen) atoms. The quantitative estimate of drug-likeness (QED) is 0.558. The van der Waals surface area contributed by atoms with E-state index >= 15 is 0 Å². The summed E-state index contributed by atoms with van der Waals surface area (Å²) in [4.78, 5) is 10.3. The van der Waals surface area contributed by atoms with Crippen molar-refractivity contribution in [2.45, 2.75) is 51.9 Å². The van der Waals surface area contributed by atoms with E-state index in [4.69, 9.17) is 14.6 Å². The van der Waals surface area contributed by atoms with Crippen LogP contribution in [0.1, 0.15) is 51.0 Å². The summed E-state index contributed by atoms with van der Waals surface area (Å²) in [6.45, 7) is 2.62. The molecule has 1 rings (SSSR count). The van der Waals surface area contributed by atoms with Crippen molar-refractivity contribution in [1.82, 2.24) is 0 Å². The number of unbranched alkanes of at least 4 members (excludes halogenated alkanes) is 5. The Kier molecular flexibility index (Phi) is 10.1. The average molecular weight is 308 g/mol. The van der Waals surface area contributed by atoms with E-state index in [9.17, 15) is 4.79 Å². The van der Waals surface area contributed by atoms with Crippen LogP contribution in [-0.4, -0.2) is 30.9 Å². The van der Waals surface area contributed by atoms with Crippen LogP contribution >= 0.6 is 0 Å². The van der Waals surface area contributed by atoms with E-state index in [1.54, 1.807) is 0 Å². The van der Waals surface area contributed by atoms with Crippen LogP contribution in [-0.2, 0) is 16.0 Å². The van der Waals surface area contributed by atoms with E-state index < -0.39 is 5.97 Å². The maximum absolute atomic E-state index is 10.3. The number of aliphatic carboxylic acids is 1. The molecule has 4 heteroatoms. The third-order valence-corrected chi connectivity index (χ3v) is 3.48. The smallest absolute Gasteiger partial charge is 0.329 e. The lowest BCUT2D eigenvalue weighted by molar-refractivity contribution is -0.142. The molecule has 0 amide bonds. The van der Waals surface area contributed by atoms with Gasteiger partial charge in [-0.3, -0.25) is 0 Å². The van der Waals surface area contributed by atoms with Gasteiger partial charge in [-0.2, -0.15) is 0 Å². The van der Waals surface area contributed by atoms with Crippen molar-refractivity contribution in [3.63, 3.8) is 0 Å². The van der Waals surface area contributed by atoms with E-state index in [1.807, 2.05) is 18.2 Å². The Morgan fingerprint density at radius 1 is 1.05 bits per heavy atom. The molecule has 4 nitrogen and oxygen atoms in total. The second-order valence-electron chi connectivity index (χ2n) is 5.42. The van der Waals surface area contributed by atoms with E-state index in [0.717, 1.165) is 12.2 Å². The number of carboxylic acid groups (broad SMARTS) is 1. The standard InChI is InChI=1S/C18H28O4/c1-2-3-4-5-6-7-10-16-11-8-9-12-17(16)22-14-13-21-15-18(19)20/h8-9,11-12H,2-7,10,13-15H2,1H3,(H,19,20). The molecule has 0 aliphatic heterocycles. The highest BCUT2D eigenvalue weighted by Gasteiger charge is 2.03. The zero-order valence-corrected chi connectivity index (χ0v) is 13.6. The summed E-state index contributed by atoms with van der Waals surface area (Å²) in [5.41, 5.74) is 1.22. The summed E-state index contributed by atoms with van der Waals surface area (Å²) in [6, 6.07) is 8.04. The Morgan fingerprint density at radius 3 is 2.55 bits per heavy atom. The second-order valence-corrected chi connectivity index (χ2v) is 5.42. The summed E-state index contributed by atoms with van der Waals surface area (Å²) in [5, 5.41) is 8.48. The molecule has 0 saturated heterocycles. The minimum Gasteiger partial charge on any atom is -0.491 e. The molecule has 0 saturated carbocycles. The molecule has 1 N–H and O–H groups in total. The second kappa shape index (κ2) is 12.0. The Morgan fingerprint density at radius 2 is 1.77 bits per heavy atom. The zero-order chi connectivity index (χ0) is 16.0. The van der Waals surface area contributed by atoms with Crippen LogP contribution in [0.5, 0.6) is 5.75 Å². The van der Waals surface area contributed by atoms with Gasteiger partial charge in [-0.1, -0.05) is 57.2 Å². The molecule has 0 aliphatic carbocycles. The van der Waals surface area contributed by atoms with Crippen molar-refractivity contribution in [2.24, 2.45) is 0 Å². The summed E-state index contributed by atoms with van der Waals surface area (Å²) in [6.07, 6.45) is 8.71. The van der Waals surface area contributed by atoms with Gasteiger partial charge in [0.1, 0.15) is 19.0 Å². The molecule has 124 valence electrons. The van der Waals surface area contributed by atoms with E-state index in [-0.39, 0.29) is 13.2 Å². The normalized spacial score (nSPS) is 10.6. The van der Waals surface area contributed by atoms with Gasteiger partial charge in [-0.15, -0.1) is 0 Å². The van der Waals surface area contributed by atoms with Gasteiger partial charge in [0, 0.05) is 0 Å². The van der Waals surface area contributed by atoms with Crippen LogP contribution in [0.25, 0.3) is 0 Å². The van der Waals surface area contributed by atoms with Crippen LogP contribution in [0.15, 0.2) is 24.3 Å². The summed E-state index contributed by atoms with van der Waals surface area (Å²) in [7, 11) is 0. The predicted molar refractivity (Wildman–Crippen MR) is 87.5 cm³/mol. The van der Waals surface area contributed by atoms with Crippen LogP contribution in [0, 0.1) is 0 Å². The fourth-order valence-corrected chi connectivity index (χ4v) is 2.32. The molecule has 1 aromatic rings. The molecule has 0 aromatic heterocycles. The van der Waals surface area contributed by atoms with E-state index in [1.165, 1.54) is 44.1 Å². The number of hydrogen-bond acceptors (Lipinski definition) is 3. The van der Waals surface area contributed by atoms with Gasteiger partial charge in [-0.05, 0) is 24.5 Å². The molecule has 0 aliphatic rings. The van der Waals surface area contributed by atoms with Gasteiger partial charge in [0.2, 0.25) is 0 Å². The number of para-hydroxylation sites is 1. The van der Waals surface area contributed by atoms with Crippen LogP contribution in [0.4, 0.5) is 0 Å². The highest BCUT2D eigenvalue weighted by Crippen LogP contribution is 2.20. The molecule has 0 spiro atoms. The zero-order valence-electron chi connectivity index (χ0n) is 13.6. The Labute approximate surface area is 133 Å². The summed E-state index contributed by atoms with van der Waals surface area (Å²) >= 11 is 0. The average Bonchev–Trinajstić information content (AvgIpc) is 2.51. The minimum atomic E-state index is -0.955. The largest absolute Gasteiger partial charge is 0.491 e. The molecule has 0 bridgehead atoms. The molecule has 0 fully saturated rings. The number of aryl methyl sites for hydroxylation is 1. The van der Waals surface area contributed by atoms with Gasteiger partial charge in [0.15, 0.2) is 0 Å². The SMILES string of the molecule is CCCCCCCCc1ccccc1OCCOCC(=O)O. The third-order valence-electron chi connectivity index (χ3n) is 3.48. The topological polar surface area (TPSA) is 55.8 Å². The number of carbonyl (C=O) groups is 1. The van der Waals surface area contributed by atoms with Gasteiger partial charge in [0.25, 0.3) is 0 Å². The number of benzene rings is 1. The molecular formula is C18H28O4. The highest BCUT2D eigenvalue weighted by atomic mass is 16.5. The fraction of sp³-hybridized carbons (Fsp3) is 0.611. The van der Waals surface area contributed by atoms with Gasteiger partial charge < -0.3 is 14.6 Å². The van der Waals surface area contributed by atoms with Crippen molar-refractivity contribution in [2.75, 3.05) is 19.8 Å². The van der Waals surface area contributed by atoms with Crippen molar-refractivity contribution >= 4 is 5.97 Å². The first-order valence-corrected chi connectivity index (χ1v) is 8.24. The van der Waals surface area contributed by atoms with E-state index in [0.29, 0.717) is 6.61 Å². The van der Waals surface area contributed by atoms with Gasteiger partial charge >= 0.3 is 5.97 Å². The molecular weight excluding hydrogens is 280 g/mol. The molecule has 0 unspecified atom stereocenters. The van der Waals surface area contributed by atoms with Crippen LogP contribution in [0.3, 0.4) is 0 Å². The monoisotopic (exact) mass is 308 g/mol. The maximum atomic E-state index is 10.3. The fourth-order valence-electron chi connectivity index (χ4n) is 2.32. The lowest BCUT2D eigenvalue weighted by Crippen LogP contribution is -2.13. The highest BCUT2D eigenvalue weighted by molar-refractivity contribution is 5.67. The molecule has 1 aromatic carbocycles. The molecule has 0 heterocycles. The summed E-state index contributed by atoms with van der Waals surface area (Å²) < 4.78 is 10.7. The first-order valence-electron chi connectivity index (χ1n) is 8.24. The van der Waals surface area contributed by atoms with Crippen molar-refractivity contribution in [1.29, 1.82) is 0 Å². The number of rotatable bonds is 13. The van der Waals surface area contributed by atoms with Crippen molar-refractivity contribution in [3.05, 3.63) is 29.8 Å². The van der Waals surface area contributed by atoms with E-state index in [2.05, 4.69) is 13.0 Å². The van der Waals surface area contributed by atoms with Crippen LogP contribution < -0.4 is 4.74 Å². The first kappa shape index (κ1) is 18.5. The number of ether oxygens (including phenoxy) is 2. The third kappa shape index (κ3) is 8.67. The summed E-state index contributed by atoms with van der Waals surface area (Å²) in [5.74, 6) is -0.0709. The minimum absolute atomic E-state index is 0.275. The lowest BCUT2D eigenvalue weighted by atomic mass is 10.0. The van der Waals surface area contributed by atoms with Crippen molar-refractivity contribution < 1.29 is 19.4 Å². The van der Waals surface area contributed by atoms with Crippen molar-refractivity contribution in [3.8, 4) is 5.75 Å². The molecule has 0 radical (unpaired) electrons. The van der Waals surface area contributed by atoms with Crippen LogP contribution in [0.2, 0.25) is 0 Å². The maximum Gasteiger partial charge on any atom is 0.329 e. The number of hydrogen-bond donors (Lipinski definition) is 1. The number of carboxylic acids is 1. The predicted octanol–water partition coefficient (Wildman–Crippen LogP) is 4.07.